The van der Waals surface area contributed by atoms with E-state index < -0.39 is 31.1 Å². The summed E-state index contributed by atoms with van der Waals surface area (Å²) in [5, 5.41) is 9.42. The number of rotatable bonds is 4. The van der Waals surface area contributed by atoms with E-state index in [2.05, 4.69) is 0 Å². The number of aromatic nitrogens is 1. The third kappa shape index (κ3) is 3.65. The highest BCUT2D eigenvalue weighted by atomic mass is 31.2. The van der Waals surface area contributed by atoms with E-state index in [1.165, 1.54) is 6.20 Å². The topological polar surface area (TPSA) is 129 Å². The fourth-order valence-electron chi connectivity index (χ4n) is 4.51. The van der Waals surface area contributed by atoms with Crippen LogP contribution in [0.15, 0.2) is 17.1 Å². The molecule has 3 N–H and O–H groups in total. The van der Waals surface area contributed by atoms with E-state index in [0.29, 0.717) is 55.5 Å². The summed E-state index contributed by atoms with van der Waals surface area (Å²) in [6, 6.07) is 1.06. The number of benzene rings is 1. The smallest absolute Gasteiger partial charge is 0.469 e. The molecule has 1 atom stereocenters. The molecule has 0 spiro atoms. The van der Waals surface area contributed by atoms with Crippen LogP contribution < -0.4 is 10.3 Å². The summed E-state index contributed by atoms with van der Waals surface area (Å²) in [6.45, 7) is 2.60. The van der Waals surface area contributed by atoms with Crippen molar-refractivity contribution in [1.29, 1.82) is 0 Å². The Morgan fingerprint density at radius 1 is 1.27 bits per heavy atom. The minimum atomic E-state index is -4.58. The molecule has 1 saturated heterocycles. The number of carboxylic acid groups (broad SMARTS) is 1. The molecule has 0 unspecified atom stereocenters. The average molecular weight is 440 g/mol. The highest BCUT2D eigenvalue weighted by molar-refractivity contribution is 7.46. The number of hydrogen-bond acceptors (Lipinski definition) is 5. The maximum atomic E-state index is 15.2. The van der Waals surface area contributed by atoms with Crippen LogP contribution in [0.25, 0.3) is 10.9 Å². The van der Waals surface area contributed by atoms with Gasteiger partial charge in [0.1, 0.15) is 11.4 Å². The first kappa shape index (κ1) is 21.0. The lowest BCUT2D eigenvalue weighted by atomic mass is 9.93. The second kappa shape index (κ2) is 7.46. The van der Waals surface area contributed by atoms with E-state index in [1.807, 2.05) is 6.92 Å². The van der Waals surface area contributed by atoms with E-state index in [9.17, 15) is 19.3 Å². The van der Waals surface area contributed by atoms with Crippen LogP contribution in [-0.4, -0.2) is 44.6 Å². The lowest BCUT2D eigenvalue weighted by Gasteiger charge is -2.36. The number of phosphoric acid groups is 1. The predicted octanol–water partition coefficient (Wildman–Crippen LogP) is 2.42. The van der Waals surface area contributed by atoms with Gasteiger partial charge in [0, 0.05) is 36.3 Å². The number of aromatic carboxylic acids is 1. The van der Waals surface area contributed by atoms with Gasteiger partial charge >= 0.3 is 13.8 Å². The lowest BCUT2D eigenvalue weighted by molar-refractivity contribution is 0.0694. The number of hydrogen-bond donors (Lipinski definition) is 3. The van der Waals surface area contributed by atoms with Crippen molar-refractivity contribution in [1.82, 2.24) is 4.57 Å². The minimum Gasteiger partial charge on any atom is -0.477 e. The first-order chi connectivity index (χ1) is 14.1. The van der Waals surface area contributed by atoms with Crippen LogP contribution >= 0.6 is 7.82 Å². The largest absolute Gasteiger partial charge is 0.477 e. The van der Waals surface area contributed by atoms with Crippen LogP contribution in [0.1, 0.15) is 48.1 Å². The zero-order valence-electron chi connectivity index (χ0n) is 16.2. The molecule has 162 valence electrons. The molecule has 30 heavy (non-hydrogen) atoms. The molecular weight excluding hydrogens is 418 g/mol. The number of carbonyl (C=O) groups is 1. The molecule has 9 nitrogen and oxygen atoms in total. The minimum absolute atomic E-state index is 0.0422. The first-order valence-electron chi connectivity index (χ1n) is 9.69. The van der Waals surface area contributed by atoms with Crippen molar-refractivity contribution >= 4 is 30.4 Å². The monoisotopic (exact) mass is 440 g/mol. The molecule has 4 rings (SSSR count). The molecule has 2 aliphatic heterocycles. The number of aryl methyl sites for hydroxylation is 1. The number of nitrogens with zero attached hydrogens (tertiary/aromatic N) is 2. The Hall–Kier alpha value is -2.26. The van der Waals surface area contributed by atoms with Crippen molar-refractivity contribution < 1.29 is 33.2 Å². The van der Waals surface area contributed by atoms with Gasteiger partial charge in [0.2, 0.25) is 5.43 Å². The van der Waals surface area contributed by atoms with E-state index in [4.69, 9.17) is 14.3 Å². The molecule has 1 fully saturated rings. The predicted molar refractivity (Wildman–Crippen MR) is 107 cm³/mol. The van der Waals surface area contributed by atoms with Gasteiger partial charge in [-0.2, -0.15) is 0 Å². The molecule has 0 aliphatic carbocycles. The number of pyridine rings is 1. The van der Waals surface area contributed by atoms with Crippen molar-refractivity contribution in [3.63, 3.8) is 0 Å². The van der Waals surface area contributed by atoms with Crippen LogP contribution in [0.3, 0.4) is 0 Å². The van der Waals surface area contributed by atoms with Crippen molar-refractivity contribution in [2.24, 2.45) is 0 Å². The van der Waals surface area contributed by atoms with E-state index in [1.54, 1.807) is 9.47 Å². The highest BCUT2D eigenvalue weighted by Gasteiger charge is 2.32. The second-order valence-electron chi connectivity index (χ2n) is 7.84. The third-order valence-electron chi connectivity index (χ3n) is 5.90. The highest BCUT2D eigenvalue weighted by Crippen LogP contribution is 2.42. The molecule has 3 heterocycles. The summed E-state index contributed by atoms with van der Waals surface area (Å²) in [6.07, 6.45) is 2.57. The number of phosphoric ester groups is 1. The van der Waals surface area contributed by atoms with Crippen molar-refractivity contribution in [3.05, 3.63) is 39.4 Å². The Balaban J connectivity index is 1.79. The Bertz CT molecular complexity index is 1130. The zero-order chi connectivity index (χ0) is 21.8. The van der Waals surface area contributed by atoms with Gasteiger partial charge in [-0.05, 0) is 38.7 Å². The van der Waals surface area contributed by atoms with Crippen LogP contribution in [0.4, 0.5) is 10.1 Å². The molecule has 2 aliphatic rings. The third-order valence-corrected chi connectivity index (χ3v) is 6.47. The number of anilines is 1. The summed E-state index contributed by atoms with van der Waals surface area (Å²) in [4.78, 5) is 43.9. The number of piperidine rings is 1. The Labute approximate surface area is 170 Å². The standard InChI is InChI=1S/C19H22FN2O7P/c1-10-2-3-12-16-13(18(23)14(19(24)25)9-22(10)16)8-15(20)17(12)21-6-4-11(5-7-21)29-30(26,27)28/h8-11H,2-7H2,1H3,(H,24,25)(H2,26,27,28)/t10-/m0/s1. The zero-order valence-corrected chi connectivity index (χ0v) is 17.1. The van der Waals surface area contributed by atoms with Crippen LogP contribution in [0.5, 0.6) is 0 Å². The van der Waals surface area contributed by atoms with Gasteiger partial charge in [-0.25, -0.2) is 13.8 Å². The second-order valence-corrected chi connectivity index (χ2v) is 9.03. The van der Waals surface area contributed by atoms with Crippen LogP contribution in [0.2, 0.25) is 0 Å². The maximum absolute atomic E-state index is 15.2. The van der Waals surface area contributed by atoms with E-state index >= 15 is 4.39 Å². The fraction of sp³-hybridized carbons (Fsp3) is 0.474. The van der Waals surface area contributed by atoms with Gasteiger partial charge in [0.15, 0.2) is 0 Å². The number of carboxylic acids is 1. The van der Waals surface area contributed by atoms with Crippen molar-refractivity contribution in [2.45, 2.75) is 44.8 Å². The average Bonchev–Trinajstić information content (AvgIpc) is 2.65. The Morgan fingerprint density at radius 3 is 2.53 bits per heavy atom. The van der Waals surface area contributed by atoms with Crippen LogP contribution in [0, 0.1) is 5.82 Å². The van der Waals surface area contributed by atoms with Gasteiger partial charge < -0.3 is 24.4 Å². The van der Waals surface area contributed by atoms with E-state index in [0.717, 1.165) is 6.07 Å². The van der Waals surface area contributed by atoms with E-state index in [-0.39, 0.29) is 17.0 Å². The van der Waals surface area contributed by atoms with Crippen LogP contribution in [-0.2, 0) is 15.5 Å². The normalized spacial score (nSPS) is 20.0. The SMILES string of the molecule is C[C@H]1CCc2c(N3CCC(OP(=O)(O)O)CC3)c(F)cc3c(=O)c(C(=O)O)cn1c23. The number of halogens is 1. The summed E-state index contributed by atoms with van der Waals surface area (Å²) in [5.74, 6) is -1.95. The van der Waals surface area contributed by atoms with Gasteiger partial charge in [0.05, 0.1) is 17.3 Å². The quantitative estimate of drug-likeness (QED) is 0.619. The van der Waals surface area contributed by atoms with Gasteiger partial charge in [-0.3, -0.25) is 9.32 Å². The lowest BCUT2D eigenvalue weighted by Crippen LogP contribution is -2.38. The maximum Gasteiger partial charge on any atom is 0.469 e. The van der Waals surface area contributed by atoms with Gasteiger partial charge in [0.25, 0.3) is 0 Å². The van der Waals surface area contributed by atoms with Crippen molar-refractivity contribution in [2.75, 3.05) is 18.0 Å². The summed E-state index contributed by atoms with van der Waals surface area (Å²) in [7, 11) is -4.58. The molecule has 11 heteroatoms. The molecule has 0 saturated carbocycles. The molecular formula is C19H22FN2O7P. The van der Waals surface area contributed by atoms with Gasteiger partial charge in [-0.1, -0.05) is 0 Å². The Kier molecular flexibility index (Phi) is 5.22. The summed E-state index contributed by atoms with van der Waals surface area (Å²) >= 11 is 0. The molecule has 1 aromatic carbocycles. The molecule has 0 amide bonds. The Morgan fingerprint density at radius 2 is 1.93 bits per heavy atom. The summed E-state index contributed by atoms with van der Waals surface area (Å²) < 4.78 is 32.8. The molecule has 0 bridgehead atoms. The van der Waals surface area contributed by atoms with Crippen molar-refractivity contribution in [3.8, 4) is 0 Å². The first-order valence-corrected chi connectivity index (χ1v) is 11.2. The summed E-state index contributed by atoms with van der Waals surface area (Å²) in [5.41, 5.74) is 0.480. The van der Waals surface area contributed by atoms with Gasteiger partial charge in [-0.15, -0.1) is 0 Å². The molecule has 1 aromatic heterocycles. The molecule has 2 aromatic rings. The fourth-order valence-corrected chi connectivity index (χ4v) is 5.11. The molecule has 0 radical (unpaired) electrons.